The van der Waals surface area contributed by atoms with Gasteiger partial charge in [-0.2, -0.15) is 4.98 Å². The number of para-hydroxylation sites is 2. The maximum Gasteiger partial charge on any atom is 0.293 e. The zero-order valence-corrected chi connectivity index (χ0v) is 15.9. The number of benzene rings is 1. The Labute approximate surface area is 161 Å². The lowest BCUT2D eigenvalue weighted by atomic mass is 9.97. The summed E-state index contributed by atoms with van der Waals surface area (Å²) in [5.74, 6) is 1.64. The zero-order chi connectivity index (χ0) is 19.3. The van der Waals surface area contributed by atoms with Crippen molar-refractivity contribution < 1.29 is 4.79 Å². The van der Waals surface area contributed by atoms with Crippen molar-refractivity contribution in [1.82, 2.24) is 34.4 Å². The first kappa shape index (κ1) is 16.9. The summed E-state index contributed by atoms with van der Waals surface area (Å²) in [5, 5.41) is 4.39. The van der Waals surface area contributed by atoms with Gasteiger partial charge in [-0.05, 0) is 44.9 Å². The van der Waals surface area contributed by atoms with E-state index in [1.54, 1.807) is 4.52 Å². The molecule has 0 spiro atoms. The predicted octanol–water partition coefficient (Wildman–Crippen LogP) is 2.64. The van der Waals surface area contributed by atoms with Crippen molar-refractivity contribution in [3.05, 3.63) is 53.4 Å². The Kier molecular flexibility index (Phi) is 3.85. The third-order valence-corrected chi connectivity index (χ3v) is 5.31. The van der Waals surface area contributed by atoms with E-state index in [1.165, 1.54) is 0 Å². The average Bonchev–Trinajstić information content (AvgIpc) is 3.31. The molecule has 4 heterocycles. The highest BCUT2D eigenvalue weighted by atomic mass is 16.2. The number of amides is 1. The Balaban J connectivity index is 1.41. The summed E-state index contributed by atoms with van der Waals surface area (Å²) in [6.45, 7) is 5.16. The summed E-state index contributed by atoms with van der Waals surface area (Å²) in [6.07, 6.45) is 1.93. The molecular weight excluding hydrogens is 354 g/mol. The summed E-state index contributed by atoms with van der Waals surface area (Å²) in [5.41, 5.74) is 3.76. The topological polar surface area (TPSA) is 92.1 Å². The molecule has 3 aromatic heterocycles. The maximum absolute atomic E-state index is 13.0. The Hall–Kier alpha value is -3.29. The number of carbonyl (C=O) groups excluding carboxylic acids is 1. The van der Waals surface area contributed by atoms with Crippen LogP contribution in [0.5, 0.6) is 0 Å². The number of likely N-dealkylation sites (tertiary alicyclic amines) is 1. The fraction of sp³-hybridized carbons (Fsp3) is 0.350. The van der Waals surface area contributed by atoms with E-state index in [-0.39, 0.29) is 17.6 Å². The quantitative estimate of drug-likeness (QED) is 0.581. The molecule has 1 amide bonds. The van der Waals surface area contributed by atoms with Gasteiger partial charge in [0.2, 0.25) is 5.82 Å². The van der Waals surface area contributed by atoms with Crippen molar-refractivity contribution in [2.75, 3.05) is 13.1 Å². The Morgan fingerprint density at radius 1 is 1.18 bits per heavy atom. The van der Waals surface area contributed by atoms with E-state index < -0.39 is 0 Å². The van der Waals surface area contributed by atoms with Crippen LogP contribution in [0.3, 0.4) is 0 Å². The van der Waals surface area contributed by atoms with E-state index in [9.17, 15) is 4.79 Å². The molecule has 1 aliphatic heterocycles. The molecule has 8 nitrogen and oxygen atoms in total. The first-order valence-corrected chi connectivity index (χ1v) is 9.53. The first-order chi connectivity index (χ1) is 13.6. The van der Waals surface area contributed by atoms with Gasteiger partial charge in [0, 0.05) is 30.4 Å². The molecule has 8 heteroatoms. The summed E-state index contributed by atoms with van der Waals surface area (Å²) in [4.78, 5) is 31.7. The molecule has 1 aromatic carbocycles. The SMILES string of the molecule is Cc1cc(C)n2nc(C(=O)N3CCC[C@@H](c4nc5ccccc5[nH]4)C3)nc2n1. The normalized spacial score (nSPS) is 17.5. The number of aryl methyl sites for hydroxylation is 2. The lowest BCUT2D eigenvalue weighted by Crippen LogP contribution is -2.39. The Bertz CT molecular complexity index is 1160. The number of aromatic nitrogens is 6. The Morgan fingerprint density at radius 3 is 2.89 bits per heavy atom. The van der Waals surface area contributed by atoms with Crippen molar-refractivity contribution in [1.29, 1.82) is 0 Å². The van der Waals surface area contributed by atoms with Crippen LogP contribution in [0.4, 0.5) is 0 Å². The maximum atomic E-state index is 13.0. The van der Waals surface area contributed by atoms with E-state index in [2.05, 4.69) is 20.1 Å². The average molecular weight is 375 g/mol. The van der Waals surface area contributed by atoms with Gasteiger partial charge in [-0.15, -0.1) is 5.10 Å². The smallest absolute Gasteiger partial charge is 0.293 e. The molecule has 0 aliphatic carbocycles. The molecule has 0 saturated carbocycles. The first-order valence-electron chi connectivity index (χ1n) is 9.53. The number of fused-ring (bicyclic) bond motifs is 2. The van der Waals surface area contributed by atoms with Crippen molar-refractivity contribution in [2.45, 2.75) is 32.6 Å². The minimum atomic E-state index is -0.150. The van der Waals surface area contributed by atoms with Crippen LogP contribution >= 0.6 is 0 Å². The van der Waals surface area contributed by atoms with Gasteiger partial charge in [-0.25, -0.2) is 14.5 Å². The minimum Gasteiger partial charge on any atom is -0.342 e. The van der Waals surface area contributed by atoms with Crippen molar-refractivity contribution in [3.8, 4) is 0 Å². The Morgan fingerprint density at radius 2 is 2.04 bits per heavy atom. The van der Waals surface area contributed by atoms with Gasteiger partial charge in [0.25, 0.3) is 11.7 Å². The molecule has 0 radical (unpaired) electrons. The number of piperidine rings is 1. The minimum absolute atomic E-state index is 0.150. The third-order valence-electron chi connectivity index (χ3n) is 5.31. The van der Waals surface area contributed by atoms with Crippen LogP contribution in [0.15, 0.2) is 30.3 Å². The zero-order valence-electron chi connectivity index (χ0n) is 15.9. The monoisotopic (exact) mass is 375 g/mol. The second-order valence-electron chi connectivity index (χ2n) is 7.42. The highest BCUT2D eigenvalue weighted by Crippen LogP contribution is 2.27. The van der Waals surface area contributed by atoms with E-state index in [1.807, 2.05) is 49.1 Å². The van der Waals surface area contributed by atoms with Gasteiger partial charge in [-0.1, -0.05) is 12.1 Å². The molecule has 1 aliphatic rings. The number of carbonyl (C=O) groups is 1. The van der Waals surface area contributed by atoms with Crippen LogP contribution in [0, 0.1) is 13.8 Å². The van der Waals surface area contributed by atoms with Crippen LogP contribution in [0.25, 0.3) is 16.8 Å². The molecule has 1 atom stereocenters. The third kappa shape index (κ3) is 2.81. The van der Waals surface area contributed by atoms with Crippen molar-refractivity contribution in [2.24, 2.45) is 0 Å². The molecule has 1 N–H and O–H groups in total. The fourth-order valence-corrected chi connectivity index (χ4v) is 3.95. The molecule has 5 rings (SSSR count). The van der Waals surface area contributed by atoms with Gasteiger partial charge < -0.3 is 9.88 Å². The molecule has 1 saturated heterocycles. The molecular formula is C20H21N7O. The van der Waals surface area contributed by atoms with Gasteiger partial charge in [0.05, 0.1) is 11.0 Å². The number of hydrogen-bond acceptors (Lipinski definition) is 5. The van der Waals surface area contributed by atoms with Gasteiger partial charge in [0.15, 0.2) is 0 Å². The summed E-state index contributed by atoms with van der Waals surface area (Å²) >= 11 is 0. The number of nitrogens with one attached hydrogen (secondary N) is 1. The number of H-pyrrole nitrogens is 1. The van der Waals surface area contributed by atoms with E-state index in [4.69, 9.17) is 4.98 Å². The van der Waals surface area contributed by atoms with Crippen LogP contribution in [0.2, 0.25) is 0 Å². The van der Waals surface area contributed by atoms with Crippen LogP contribution in [-0.4, -0.2) is 53.4 Å². The van der Waals surface area contributed by atoms with E-state index in [0.717, 1.165) is 41.1 Å². The number of hydrogen-bond donors (Lipinski definition) is 1. The number of aromatic amines is 1. The molecule has 0 unspecified atom stereocenters. The highest BCUT2D eigenvalue weighted by Gasteiger charge is 2.29. The standard InChI is InChI=1S/C20H21N7O/c1-12-10-13(2)27-20(21-12)24-18(25-27)19(28)26-9-5-6-14(11-26)17-22-15-7-3-4-8-16(15)23-17/h3-4,7-8,10,14H,5-6,9,11H2,1-2H3,(H,22,23)/t14-/m1/s1. The predicted molar refractivity (Wildman–Crippen MR) is 104 cm³/mol. The van der Waals surface area contributed by atoms with Crippen molar-refractivity contribution in [3.63, 3.8) is 0 Å². The number of nitrogens with zero attached hydrogens (tertiary/aromatic N) is 6. The van der Waals surface area contributed by atoms with Crippen LogP contribution < -0.4 is 0 Å². The lowest BCUT2D eigenvalue weighted by Gasteiger charge is -2.31. The van der Waals surface area contributed by atoms with E-state index in [0.29, 0.717) is 18.9 Å². The van der Waals surface area contributed by atoms with Crippen molar-refractivity contribution >= 4 is 22.7 Å². The number of imidazole rings is 1. The molecule has 1 fully saturated rings. The van der Waals surface area contributed by atoms with Crippen LogP contribution in [0.1, 0.15) is 46.6 Å². The molecule has 28 heavy (non-hydrogen) atoms. The summed E-state index contributed by atoms with van der Waals surface area (Å²) in [7, 11) is 0. The van der Waals surface area contributed by atoms with Gasteiger partial charge >= 0.3 is 0 Å². The molecule has 142 valence electrons. The van der Waals surface area contributed by atoms with Gasteiger partial charge in [-0.3, -0.25) is 4.79 Å². The lowest BCUT2D eigenvalue weighted by molar-refractivity contribution is 0.0692. The van der Waals surface area contributed by atoms with E-state index >= 15 is 0 Å². The highest BCUT2D eigenvalue weighted by molar-refractivity contribution is 5.91. The largest absolute Gasteiger partial charge is 0.342 e. The van der Waals surface area contributed by atoms with Gasteiger partial charge in [0.1, 0.15) is 5.82 Å². The summed E-state index contributed by atoms with van der Waals surface area (Å²) in [6, 6.07) is 9.92. The second-order valence-corrected chi connectivity index (χ2v) is 7.42. The molecule has 4 aromatic rings. The summed E-state index contributed by atoms with van der Waals surface area (Å²) < 4.78 is 1.63. The van der Waals surface area contributed by atoms with Crippen LogP contribution in [-0.2, 0) is 0 Å². The fourth-order valence-electron chi connectivity index (χ4n) is 3.95. The number of rotatable bonds is 2. The second kappa shape index (κ2) is 6.40. The molecule has 0 bridgehead atoms.